The van der Waals surface area contributed by atoms with Crippen molar-refractivity contribution in [1.82, 2.24) is 14.6 Å². The zero-order valence-electron chi connectivity index (χ0n) is 12.9. The quantitative estimate of drug-likeness (QED) is 0.891. The van der Waals surface area contributed by atoms with E-state index in [2.05, 4.69) is 15.4 Å². The van der Waals surface area contributed by atoms with Crippen LogP contribution in [0.5, 0.6) is 0 Å². The molecule has 1 N–H and O–H groups in total. The lowest BCUT2D eigenvalue weighted by Crippen LogP contribution is -2.13. The minimum Gasteiger partial charge on any atom is -0.377 e. The summed E-state index contributed by atoms with van der Waals surface area (Å²) in [7, 11) is 1.61. The van der Waals surface area contributed by atoms with Crippen LogP contribution >= 0.6 is 0 Å². The fourth-order valence-corrected chi connectivity index (χ4v) is 3.09. The number of rotatable bonds is 6. The molecular formula is C16H22N4O2. The second-order valence-corrected chi connectivity index (χ2v) is 5.89. The number of carbonyl (C=O) groups is 1. The Kier molecular flexibility index (Phi) is 4.68. The van der Waals surface area contributed by atoms with Gasteiger partial charge < -0.3 is 10.1 Å². The molecule has 1 aliphatic rings. The van der Waals surface area contributed by atoms with E-state index in [4.69, 9.17) is 4.74 Å². The van der Waals surface area contributed by atoms with E-state index in [0.29, 0.717) is 30.2 Å². The highest BCUT2D eigenvalue weighted by atomic mass is 16.5. The van der Waals surface area contributed by atoms with Crippen LogP contribution in [-0.4, -0.2) is 27.6 Å². The van der Waals surface area contributed by atoms with Crippen molar-refractivity contribution >= 4 is 17.2 Å². The molecule has 2 aromatic heterocycles. The van der Waals surface area contributed by atoms with Crippen molar-refractivity contribution in [2.45, 2.75) is 45.1 Å². The summed E-state index contributed by atoms with van der Waals surface area (Å²) < 4.78 is 6.72. The molecule has 0 atom stereocenters. The first-order chi connectivity index (χ1) is 10.8. The number of amides is 1. The normalized spacial score (nSPS) is 15.5. The van der Waals surface area contributed by atoms with Crippen molar-refractivity contribution in [3.8, 4) is 0 Å². The third-order valence-electron chi connectivity index (χ3n) is 4.21. The molecule has 0 spiro atoms. The van der Waals surface area contributed by atoms with E-state index in [-0.39, 0.29) is 5.91 Å². The third kappa shape index (κ3) is 3.44. The van der Waals surface area contributed by atoms with Crippen LogP contribution < -0.4 is 5.32 Å². The Hall–Kier alpha value is -1.95. The smallest absolute Gasteiger partial charge is 0.224 e. The van der Waals surface area contributed by atoms with E-state index in [1.54, 1.807) is 11.6 Å². The highest BCUT2D eigenvalue weighted by molar-refractivity contribution is 5.94. The number of hydrogen-bond donors (Lipinski definition) is 1. The molecule has 118 valence electrons. The average molecular weight is 302 g/mol. The number of fused-ring (bicyclic) bond motifs is 1. The maximum atomic E-state index is 12.2. The van der Waals surface area contributed by atoms with Crippen LogP contribution in [0.1, 0.15) is 44.3 Å². The largest absolute Gasteiger partial charge is 0.377 e. The number of methoxy groups -OCH3 is 1. The molecule has 1 fully saturated rings. The molecule has 6 nitrogen and oxygen atoms in total. The Morgan fingerprint density at radius 2 is 2.27 bits per heavy atom. The molecule has 0 bridgehead atoms. The third-order valence-corrected chi connectivity index (χ3v) is 4.21. The molecule has 0 saturated heterocycles. The zero-order chi connectivity index (χ0) is 15.4. The van der Waals surface area contributed by atoms with E-state index in [9.17, 15) is 4.79 Å². The van der Waals surface area contributed by atoms with Gasteiger partial charge in [-0.15, -0.1) is 5.10 Å². The van der Waals surface area contributed by atoms with E-state index in [0.717, 1.165) is 12.3 Å². The van der Waals surface area contributed by atoms with Crippen molar-refractivity contribution in [3.05, 3.63) is 24.2 Å². The number of ether oxygens (including phenoxy) is 1. The van der Waals surface area contributed by atoms with E-state index in [1.807, 2.05) is 18.3 Å². The summed E-state index contributed by atoms with van der Waals surface area (Å²) in [5, 5.41) is 7.27. The molecule has 0 aliphatic heterocycles. The maximum absolute atomic E-state index is 12.2. The molecule has 2 aromatic rings. The van der Waals surface area contributed by atoms with Crippen LogP contribution in [-0.2, 0) is 16.1 Å². The predicted octanol–water partition coefficient (Wildman–Crippen LogP) is 2.78. The summed E-state index contributed by atoms with van der Waals surface area (Å²) in [6.07, 6.45) is 8.54. The SMILES string of the molecule is COCc1nc2c(NC(=O)CCC3CCCC3)cccn2n1. The highest BCUT2D eigenvalue weighted by Gasteiger charge is 2.17. The first-order valence-corrected chi connectivity index (χ1v) is 7.89. The summed E-state index contributed by atoms with van der Waals surface area (Å²) in [4.78, 5) is 16.6. The topological polar surface area (TPSA) is 68.5 Å². The summed E-state index contributed by atoms with van der Waals surface area (Å²) in [6.45, 7) is 0.358. The number of anilines is 1. The highest BCUT2D eigenvalue weighted by Crippen LogP contribution is 2.28. The van der Waals surface area contributed by atoms with Crippen LogP contribution in [0.2, 0.25) is 0 Å². The number of carbonyl (C=O) groups excluding carboxylic acids is 1. The summed E-state index contributed by atoms with van der Waals surface area (Å²) in [5.41, 5.74) is 1.36. The number of aromatic nitrogens is 3. The van der Waals surface area contributed by atoms with Gasteiger partial charge >= 0.3 is 0 Å². The number of nitrogens with zero attached hydrogens (tertiary/aromatic N) is 3. The van der Waals surface area contributed by atoms with Crippen molar-refractivity contribution in [2.75, 3.05) is 12.4 Å². The van der Waals surface area contributed by atoms with Crippen LogP contribution in [0.3, 0.4) is 0 Å². The molecule has 1 aliphatic carbocycles. The van der Waals surface area contributed by atoms with Crippen molar-refractivity contribution in [1.29, 1.82) is 0 Å². The molecule has 3 rings (SSSR count). The molecule has 2 heterocycles. The first kappa shape index (κ1) is 15.0. The number of pyridine rings is 1. The number of hydrogen-bond acceptors (Lipinski definition) is 4. The Morgan fingerprint density at radius 3 is 3.05 bits per heavy atom. The number of nitrogens with one attached hydrogen (secondary N) is 1. The fourth-order valence-electron chi connectivity index (χ4n) is 3.09. The lowest BCUT2D eigenvalue weighted by Gasteiger charge is -2.09. The molecule has 0 aromatic carbocycles. The first-order valence-electron chi connectivity index (χ1n) is 7.89. The van der Waals surface area contributed by atoms with Crippen molar-refractivity contribution in [3.63, 3.8) is 0 Å². The second kappa shape index (κ2) is 6.87. The van der Waals surface area contributed by atoms with Crippen LogP contribution in [0.25, 0.3) is 5.65 Å². The summed E-state index contributed by atoms with van der Waals surface area (Å²) in [6, 6.07) is 3.71. The Labute approximate surface area is 129 Å². The molecular weight excluding hydrogens is 280 g/mol. The van der Waals surface area contributed by atoms with E-state index in [1.165, 1.54) is 25.7 Å². The van der Waals surface area contributed by atoms with Crippen LogP contribution in [0, 0.1) is 5.92 Å². The van der Waals surface area contributed by atoms with Gasteiger partial charge in [-0.2, -0.15) is 0 Å². The lowest BCUT2D eigenvalue weighted by atomic mass is 10.0. The van der Waals surface area contributed by atoms with Gasteiger partial charge in [0.1, 0.15) is 6.61 Å². The molecule has 1 saturated carbocycles. The van der Waals surface area contributed by atoms with Gasteiger partial charge in [0.05, 0.1) is 5.69 Å². The maximum Gasteiger partial charge on any atom is 0.224 e. The van der Waals surface area contributed by atoms with Gasteiger partial charge in [-0.1, -0.05) is 25.7 Å². The van der Waals surface area contributed by atoms with Crippen LogP contribution in [0.4, 0.5) is 5.69 Å². The summed E-state index contributed by atoms with van der Waals surface area (Å²) >= 11 is 0. The van der Waals surface area contributed by atoms with Crippen LogP contribution in [0.15, 0.2) is 18.3 Å². The monoisotopic (exact) mass is 302 g/mol. The van der Waals surface area contributed by atoms with Gasteiger partial charge in [0, 0.05) is 19.7 Å². The van der Waals surface area contributed by atoms with Crippen molar-refractivity contribution in [2.24, 2.45) is 5.92 Å². The van der Waals surface area contributed by atoms with Gasteiger partial charge in [0.2, 0.25) is 5.91 Å². The second-order valence-electron chi connectivity index (χ2n) is 5.89. The Bertz CT molecular complexity index is 647. The van der Waals surface area contributed by atoms with Crippen molar-refractivity contribution < 1.29 is 9.53 Å². The minimum absolute atomic E-state index is 0.0521. The molecule has 0 unspecified atom stereocenters. The minimum atomic E-state index is 0.0521. The standard InChI is InChI=1S/C16H22N4O2/c1-22-11-14-18-16-13(7-4-10-20(16)19-14)17-15(21)9-8-12-5-2-3-6-12/h4,7,10,12H,2-3,5-6,8-9,11H2,1H3,(H,17,21). The predicted molar refractivity (Wildman–Crippen MR) is 83.5 cm³/mol. The average Bonchev–Trinajstić information content (AvgIpc) is 3.14. The fraction of sp³-hybridized carbons (Fsp3) is 0.562. The zero-order valence-corrected chi connectivity index (χ0v) is 12.9. The Balaban J connectivity index is 1.65. The molecule has 0 radical (unpaired) electrons. The van der Waals surface area contributed by atoms with E-state index >= 15 is 0 Å². The van der Waals surface area contributed by atoms with Gasteiger partial charge in [-0.05, 0) is 24.5 Å². The molecule has 22 heavy (non-hydrogen) atoms. The summed E-state index contributed by atoms with van der Waals surface area (Å²) in [5.74, 6) is 1.38. The van der Waals surface area contributed by atoms with Gasteiger partial charge in [-0.3, -0.25) is 4.79 Å². The molecule has 1 amide bonds. The molecule has 6 heteroatoms. The lowest BCUT2D eigenvalue weighted by molar-refractivity contribution is -0.116. The van der Waals surface area contributed by atoms with Gasteiger partial charge in [-0.25, -0.2) is 9.50 Å². The Morgan fingerprint density at radius 1 is 1.45 bits per heavy atom. The van der Waals surface area contributed by atoms with Gasteiger partial charge in [0.15, 0.2) is 11.5 Å². The van der Waals surface area contributed by atoms with E-state index < -0.39 is 0 Å². The van der Waals surface area contributed by atoms with Gasteiger partial charge in [0.25, 0.3) is 0 Å².